The van der Waals surface area contributed by atoms with Gasteiger partial charge in [-0.25, -0.2) is 0 Å². The van der Waals surface area contributed by atoms with Crippen molar-refractivity contribution in [3.8, 4) is 5.75 Å². The van der Waals surface area contributed by atoms with Gasteiger partial charge in [0.25, 0.3) is 5.91 Å². The van der Waals surface area contributed by atoms with Crippen molar-refractivity contribution >= 4 is 11.6 Å². The summed E-state index contributed by atoms with van der Waals surface area (Å²) in [5.74, 6) is -0.286. The van der Waals surface area contributed by atoms with E-state index < -0.39 is 0 Å². The Morgan fingerprint density at radius 2 is 1.60 bits per heavy atom. The Bertz CT molecular complexity index is 981. The second kappa shape index (κ2) is 9.46. The van der Waals surface area contributed by atoms with Gasteiger partial charge >= 0.3 is 0 Å². The number of amides is 1. The fourth-order valence-corrected chi connectivity index (χ4v) is 3.63. The van der Waals surface area contributed by atoms with E-state index in [2.05, 4.69) is 22.3 Å². The van der Waals surface area contributed by atoms with Gasteiger partial charge < -0.3 is 20.1 Å². The number of morpholine rings is 1. The number of aromatic hydroxyl groups is 1. The van der Waals surface area contributed by atoms with Crippen LogP contribution >= 0.6 is 0 Å². The van der Waals surface area contributed by atoms with E-state index in [0.717, 1.165) is 43.0 Å². The molecule has 0 saturated carbocycles. The van der Waals surface area contributed by atoms with Crippen LogP contribution in [0.3, 0.4) is 0 Å². The van der Waals surface area contributed by atoms with Gasteiger partial charge in [0, 0.05) is 25.3 Å². The first-order chi connectivity index (χ1) is 14.7. The number of rotatable bonds is 6. The Morgan fingerprint density at radius 1 is 0.900 bits per heavy atom. The lowest BCUT2D eigenvalue weighted by Gasteiger charge is -2.28. The molecule has 1 aliphatic rings. The lowest BCUT2D eigenvalue weighted by molar-refractivity contribution is 0.0948. The molecule has 154 valence electrons. The van der Waals surface area contributed by atoms with Crippen LogP contribution in [0.5, 0.6) is 5.75 Å². The molecule has 0 unspecified atom stereocenters. The number of anilines is 1. The van der Waals surface area contributed by atoms with Crippen molar-refractivity contribution in [3.05, 3.63) is 95.1 Å². The van der Waals surface area contributed by atoms with Crippen molar-refractivity contribution < 1.29 is 14.6 Å². The molecular formula is C25H26N2O3. The van der Waals surface area contributed by atoms with Crippen molar-refractivity contribution in [1.82, 2.24) is 5.32 Å². The number of carbonyl (C=O) groups excluding carboxylic acids is 1. The molecule has 0 aliphatic carbocycles. The van der Waals surface area contributed by atoms with Crippen molar-refractivity contribution in [2.24, 2.45) is 0 Å². The number of phenols is 1. The molecule has 30 heavy (non-hydrogen) atoms. The lowest BCUT2D eigenvalue weighted by atomic mass is 10.0. The summed E-state index contributed by atoms with van der Waals surface area (Å²) in [6.45, 7) is 3.71. The van der Waals surface area contributed by atoms with Crippen LogP contribution in [0.2, 0.25) is 0 Å². The molecule has 1 amide bonds. The van der Waals surface area contributed by atoms with E-state index in [1.54, 1.807) is 12.1 Å². The Balaban J connectivity index is 1.38. The van der Waals surface area contributed by atoms with Crippen LogP contribution in [0.4, 0.5) is 5.69 Å². The van der Waals surface area contributed by atoms with Gasteiger partial charge in [-0.1, -0.05) is 48.5 Å². The van der Waals surface area contributed by atoms with Crippen LogP contribution in [0.25, 0.3) is 0 Å². The monoisotopic (exact) mass is 402 g/mol. The SMILES string of the molecule is O=C(NCc1ccc(N2CCOCC2)cc1)c1cc(Cc2ccccc2)ccc1O. The van der Waals surface area contributed by atoms with E-state index >= 15 is 0 Å². The van der Waals surface area contributed by atoms with Crippen molar-refractivity contribution in [2.45, 2.75) is 13.0 Å². The summed E-state index contributed by atoms with van der Waals surface area (Å²) in [5.41, 5.74) is 4.63. The molecule has 1 saturated heterocycles. The minimum Gasteiger partial charge on any atom is -0.507 e. The molecule has 0 spiro atoms. The topological polar surface area (TPSA) is 61.8 Å². The molecule has 0 aromatic heterocycles. The summed E-state index contributed by atoms with van der Waals surface area (Å²) >= 11 is 0. The van der Waals surface area contributed by atoms with Gasteiger partial charge in [0.15, 0.2) is 0 Å². The Hall–Kier alpha value is -3.31. The van der Waals surface area contributed by atoms with Crippen LogP contribution in [0.15, 0.2) is 72.8 Å². The highest BCUT2D eigenvalue weighted by atomic mass is 16.5. The molecule has 5 nitrogen and oxygen atoms in total. The molecule has 5 heteroatoms. The zero-order valence-corrected chi connectivity index (χ0v) is 16.9. The van der Waals surface area contributed by atoms with Gasteiger partial charge in [-0.2, -0.15) is 0 Å². The molecular weight excluding hydrogens is 376 g/mol. The van der Waals surface area contributed by atoms with Crippen LogP contribution in [0, 0.1) is 0 Å². The summed E-state index contributed by atoms with van der Waals surface area (Å²) in [6.07, 6.45) is 0.713. The zero-order valence-electron chi connectivity index (χ0n) is 16.9. The first-order valence-corrected chi connectivity index (χ1v) is 10.2. The van der Waals surface area contributed by atoms with Gasteiger partial charge in [-0.15, -0.1) is 0 Å². The first kappa shape index (κ1) is 20.0. The van der Waals surface area contributed by atoms with E-state index in [4.69, 9.17) is 4.74 Å². The quantitative estimate of drug-likeness (QED) is 0.659. The van der Waals surface area contributed by atoms with Gasteiger partial charge in [-0.3, -0.25) is 4.79 Å². The molecule has 3 aromatic carbocycles. The third kappa shape index (κ3) is 4.99. The standard InChI is InChI=1S/C25H26N2O3/c28-24-11-8-21(16-19-4-2-1-3-5-19)17-23(24)25(29)26-18-20-6-9-22(10-7-20)27-12-14-30-15-13-27/h1-11,17,28H,12-16,18H2,(H,26,29). The van der Waals surface area contributed by atoms with E-state index in [-0.39, 0.29) is 11.7 Å². The van der Waals surface area contributed by atoms with E-state index in [1.165, 1.54) is 5.69 Å². The maximum atomic E-state index is 12.7. The molecule has 1 fully saturated rings. The van der Waals surface area contributed by atoms with E-state index in [9.17, 15) is 9.90 Å². The maximum Gasteiger partial charge on any atom is 0.255 e. The van der Waals surface area contributed by atoms with Crippen LogP contribution < -0.4 is 10.2 Å². The maximum absolute atomic E-state index is 12.7. The van der Waals surface area contributed by atoms with E-state index in [0.29, 0.717) is 18.5 Å². The second-order valence-electron chi connectivity index (χ2n) is 7.46. The van der Waals surface area contributed by atoms with Crippen LogP contribution in [0.1, 0.15) is 27.0 Å². The summed E-state index contributed by atoms with van der Waals surface area (Å²) in [4.78, 5) is 15.0. The summed E-state index contributed by atoms with van der Waals surface area (Å²) in [5, 5.41) is 13.1. The average molecular weight is 402 g/mol. The van der Waals surface area contributed by atoms with E-state index in [1.807, 2.05) is 48.5 Å². The smallest absolute Gasteiger partial charge is 0.255 e. The predicted molar refractivity (Wildman–Crippen MR) is 118 cm³/mol. The molecule has 0 radical (unpaired) electrons. The minimum absolute atomic E-state index is 0.00743. The average Bonchev–Trinajstić information content (AvgIpc) is 2.80. The molecule has 1 aliphatic heterocycles. The second-order valence-corrected chi connectivity index (χ2v) is 7.46. The van der Waals surface area contributed by atoms with Gasteiger partial charge in [-0.05, 0) is 47.4 Å². The molecule has 0 bridgehead atoms. The number of hydrogen-bond acceptors (Lipinski definition) is 4. The molecule has 0 atom stereocenters. The lowest BCUT2D eigenvalue weighted by Crippen LogP contribution is -2.36. The van der Waals surface area contributed by atoms with Gasteiger partial charge in [0.1, 0.15) is 5.75 Å². The number of carbonyl (C=O) groups is 1. The van der Waals surface area contributed by atoms with Crippen LogP contribution in [-0.4, -0.2) is 37.3 Å². The van der Waals surface area contributed by atoms with Gasteiger partial charge in [0.05, 0.1) is 18.8 Å². The highest BCUT2D eigenvalue weighted by molar-refractivity contribution is 5.97. The molecule has 2 N–H and O–H groups in total. The summed E-state index contributed by atoms with van der Waals surface area (Å²) < 4.78 is 5.39. The number of nitrogens with zero attached hydrogens (tertiary/aromatic N) is 1. The Kier molecular flexibility index (Phi) is 6.30. The summed E-state index contributed by atoms with van der Waals surface area (Å²) in [6, 6.07) is 23.5. The fourth-order valence-electron chi connectivity index (χ4n) is 3.63. The molecule has 4 rings (SSSR count). The zero-order chi connectivity index (χ0) is 20.8. The highest BCUT2D eigenvalue weighted by Gasteiger charge is 2.13. The predicted octanol–water partition coefficient (Wildman–Crippen LogP) is 3.75. The largest absolute Gasteiger partial charge is 0.507 e. The van der Waals surface area contributed by atoms with Crippen molar-refractivity contribution in [1.29, 1.82) is 0 Å². The molecule has 3 aromatic rings. The fraction of sp³-hybridized carbons (Fsp3) is 0.240. The number of hydrogen-bond donors (Lipinski definition) is 2. The molecule has 1 heterocycles. The Morgan fingerprint density at radius 3 is 2.33 bits per heavy atom. The van der Waals surface area contributed by atoms with Crippen molar-refractivity contribution in [3.63, 3.8) is 0 Å². The number of phenolic OH excluding ortho intramolecular Hbond substituents is 1. The van der Waals surface area contributed by atoms with Crippen molar-refractivity contribution in [2.75, 3.05) is 31.2 Å². The Labute approximate surface area is 176 Å². The van der Waals surface area contributed by atoms with Crippen LogP contribution in [-0.2, 0) is 17.7 Å². The number of ether oxygens (including phenoxy) is 1. The number of benzene rings is 3. The third-order valence-corrected chi connectivity index (χ3v) is 5.32. The first-order valence-electron chi connectivity index (χ1n) is 10.2. The van der Waals surface area contributed by atoms with Gasteiger partial charge in [0.2, 0.25) is 0 Å². The normalized spacial score (nSPS) is 13.8. The highest BCUT2D eigenvalue weighted by Crippen LogP contribution is 2.21. The number of nitrogens with one attached hydrogen (secondary N) is 1. The summed E-state index contributed by atoms with van der Waals surface area (Å²) in [7, 11) is 0. The minimum atomic E-state index is -0.278. The third-order valence-electron chi connectivity index (χ3n) is 5.32.